The van der Waals surface area contributed by atoms with E-state index in [2.05, 4.69) is 0 Å². The van der Waals surface area contributed by atoms with Gasteiger partial charge in [0.05, 0.1) is 9.82 Å². The van der Waals surface area contributed by atoms with Crippen molar-refractivity contribution in [3.05, 3.63) is 33.9 Å². The fourth-order valence-electron chi connectivity index (χ4n) is 1.02. The second-order valence-electron chi connectivity index (χ2n) is 2.79. The highest BCUT2D eigenvalue weighted by Gasteiger charge is 2.22. The van der Waals surface area contributed by atoms with Crippen molar-refractivity contribution >= 4 is 34.1 Å². The first-order valence-electron chi connectivity index (χ1n) is 3.78. The molecule has 17 heavy (non-hydrogen) atoms. The van der Waals surface area contributed by atoms with Gasteiger partial charge in [0.1, 0.15) is 5.56 Å². The third kappa shape index (κ3) is 3.37. The zero-order chi connectivity index (χ0) is 12.5. The van der Waals surface area contributed by atoms with Crippen LogP contribution in [0.2, 0.25) is 0 Å². The normalized spacial score (nSPS) is 10.4. The van der Waals surface area contributed by atoms with Crippen LogP contribution in [0.3, 0.4) is 0 Å². The van der Waals surface area contributed by atoms with Crippen LogP contribution in [-0.2, 0) is 10.0 Å². The number of rotatable bonds is 3. The van der Waals surface area contributed by atoms with Crippen LogP contribution in [0.5, 0.6) is 0 Å². The summed E-state index contributed by atoms with van der Waals surface area (Å²) in [7, 11) is -4.10. The average Bonchev–Trinajstić information content (AvgIpc) is 2.15. The summed E-state index contributed by atoms with van der Waals surface area (Å²) in [5, 5.41) is 23.9. The van der Waals surface area contributed by atoms with Crippen molar-refractivity contribution in [1.82, 2.24) is 0 Å². The first-order chi connectivity index (χ1) is 7.23. The molecule has 0 aliphatic rings. The maximum Gasteiger partial charge on any atom is 0.342 e. The van der Waals surface area contributed by atoms with Gasteiger partial charge in [-0.05, 0) is 12.1 Å². The molecule has 1 aromatic carbocycles. The van der Waals surface area contributed by atoms with Crippen LogP contribution in [-0.4, -0.2) is 24.4 Å². The summed E-state index contributed by atoms with van der Waals surface area (Å²) in [6, 6.07) is 2.32. The van der Waals surface area contributed by atoms with Gasteiger partial charge in [0, 0.05) is 6.07 Å². The first-order valence-corrected chi connectivity index (χ1v) is 5.32. The highest BCUT2D eigenvalue weighted by Crippen LogP contribution is 2.22. The van der Waals surface area contributed by atoms with Gasteiger partial charge in [-0.15, -0.1) is 12.4 Å². The molecule has 10 heteroatoms. The van der Waals surface area contributed by atoms with E-state index in [1.165, 1.54) is 0 Å². The lowest BCUT2D eigenvalue weighted by Crippen LogP contribution is -2.13. The quantitative estimate of drug-likeness (QED) is 0.606. The fourth-order valence-corrected chi connectivity index (χ4v) is 1.55. The number of nitro groups is 1. The van der Waals surface area contributed by atoms with Gasteiger partial charge in [-0.1, -0.05) is 0 Å². The molecule has 94 valence electrons. The Bertz CT molecular complexity index is 570. The zero-order valence-electron chi connectivity index (χ0n) is 8.06. The monoisotopic (exact) mass is 282 g/mol. The summed E-state index contributed by atoms with van der Waals surface area (Å²) in [5.74, 6) is -1.52. The smallest absolute Gasteiger partial charge is 0.342 e. The van der Waals surface area contributed by atoms with E-state index in [-0.39, 0.29) is 12.4 Å². The van der Waals surface area contributed by atoms with E-state index in [4.69, 9.17) is 10.2 Å². The van der Waals surface area contributed by atoms with Crippen molar-refractivity contribution in [1.29, 1.82) is 0 Å². The predicted molar refractivity (Wildman–Crippen MR) is 58.7 cm³/mol. The summed E-state index contributed by atoms with van der Waals surface area (Å²) in [5.41, 5.74) is -1.42. The van der Waals surface area contributed by atoms with Crippen LogP contribution < -0.4 is 5.14 Å². The maximum absolute atomic E-state index is 10.9. The number of aromatic carboxylic acids is 1. The lowest BCUT2D eigenvalue weighted by Gasteiger charge is -2.00. The first kappa shape index (κ1) is 15.3. The van der Waals surface area contributed by atoms with Crippen LogP contribution in [0, 0.1) is 10.1 Å². The summed E-state index contributed by atoms with van der Waals surface area (Å²) in [4.78, 5) is 19.6. The summed E-state index contributed by atoms with van der Waals surface area (Å²) in [6.07, 6.45) is 0. The van der Waals surface area contributed by atoms with Gasteiger partial charge < -0.3 is 5.11 Å². The summed E-state index contributed by atoms with van der Waals surface area (Å²) < 4.78 is 21.8. The number of primary sulfonamides is 1. The average molecular weight is 283 g/mol. The summed E-state index contributed by atoms with van der Waals surface area (Å²) >= 11 is 0. The Morgan fingerprint density at radius 2 is 1.94 bits per heavy atom. The van der Waals surface area contributed by atoms with E-state index in [9.17, 15) is 23.3 Å². The Kier molecular flexibility index (Phi) is 4.57. The van der Waals surface area contributed by atoms with Crippen molar-refractivity contribution in [3.8, 4) is 0 Å². The standard InChI is InChI=1S/C7H6N2O6S.ClH/c8-16(14,15)4-1-2-5(7(10)11)6(3-4)9(12)13;/h1-3H,(H,10,11)(H2,8,14,15);1H. The van der Waals surface area contributed by atoms with Crippen molar-refractivity contribution in [3.63, 3.8) is 0 Å². The number of nitrogens with zero attached hydrogens (tertiary/aromatic N) is 1. The summed E-state index contributed by atoms with van der Waals surface area (Å²) in [6.45, 7) is 0. The van der Waals surface area contributed by atoms with Crippen LogP contribution in [0.15, 0.2) is 23.1 Å². The van der Waals surface area contributed by atoms with Gasteiger partial charge in [-0.25, -0.2) is 18.4 Å². The van der Waals surface area contributed by atoms with Crippen molar-refractivity contribution in [2.75, 3.05) is 0 Å². The van der Waals surface area contributed by atoms with Gasteiger partial charge in [-0.3, -0.25) is 10.1 Å². The van der Waals surface area contributed by atoms with Gasteiger partial charge in [0.15, 0.2) is 0 Å². The number of nitrogens with two attached hydrogens (primary N) is 1. The van der Waals surface area contributed by atoms with Gasteiger partial charge in [0.2, 0.25) is 10.0 Å². The minimum atomic E-state index is -4.10. The number of hydrogen-bond donors (Lipinski definition) is 2. The van der Waals surface area contributed by atoms with Crippen molar-refractivity contribution in [2.45, 2.75) is 4.90 Å². The van der Waals surface area contributed by atoms with Crippen molar-refractivity contribution in [2.24, 2.45) is 5.14 Å². The fraction of sp³-hybridized carbons (Fsp3) is 0. The lowest BCUT2D eigenvalue weighted by molar-refractivity contribution is -0.385. The van der Waals surface area contributed by atoms with Crippen LogP contribution in [0.4, 0.5) is 5.69 Å². The Labute approximate surface area is 102 Å². The molecular weight excluding hydrogens is 276 g/mol. The molecule has 0 aliphatic heterocycles. The van der Waals surface area contributed by atoms with Gasteiger partial charge in [0.25, 0.3) is 5.69 Å². The molecule has 0 heterocycles. The molecule has 0 bridgehead atoms. The Hall–Kier alpha value is -1.71. The maximum atomic E-state index is 10.9. The number of carboxylic acids is 1. The molecule has 0 radical (unpaired) electrons. The number of carbonyl (C=O) groups is 1. The third-order valence-electron chi connectivity index (χ3n) is 1.72. The zero-order valence-corrected chi connectivity index (χ0v) is 9.69. The third-order valence-corrected chi connectivity index (χ3v) is 2.64. The lowest BCUT2D eigenvalue weighted by atomic mass is 10.2. The second-order valence-corrected chi connectivity index (χ2v) is 4.35. The van der Waals surface area contributed by atoms with E-state index < -0.39 is 37.1 Å². The molecule has 0 aromatic heterocycles. The molecule has 0 unspecified atom stereocenters. The van der Waals surface area contributed by atoms with Gasteiger partial charge >= 0.3 is 5.97 Å². The molecule has 0 saturated carbocycles. The van der Waals surface area contributed by atoms with E-state index in [0.717, 1.165) is 12.1 Å². The molecule has 0 saturated heterocycles. The van der Waals surface area contributed by atoms with Crippen LogP contribution in [0.25, 0.3) is 0 Å². The number of halogens is 1. The molecular formula is C7H7ClN2O6S. The SMILES string of the molecule is Cl.NS(=O)(=O)c1ccc(C(=O)O)c([N+](=O)[O-])c1. The highest BCUT2D eigenvalue weighted by atomic mass is 35.5. The Morgan fingerprint density at radius 1 is 1.41 bits per heavy atom. The number of carboxylic acid groups (broad SMARTS) is 1. The molecule has 8 nitrogen and oxygen atoms in total. The Balaban J connectivity index is 0.00000256. The van der Waals surface area contributed by atoms with E-state index in [1.807, 2.05) is 0 Å². The number of hydrogen-bond acceptors (Lipinski definition) is 5. The van der Waals surface area contributed by atoms with E-state index in [1.54, 1.807) is 0 Å². The molecule has 1 aromatic rings. The molecule has 0 aliphatic carbocycles. The van der Waals surface area contributed by atoms with E-state index in [0.29, 0.717) is 6.07 Å². The molecule has 0 fully saturated rings. The molecule has 0 atom stereocenters. The van der Waals surface area contributed by atoms with Gasteiger partial charge in [-0.2, -0.15) is 0 Å². The molecule has 1 rings (SSSR count). The molecule has 0 amide bonds. The Morgan fingerprint density at radius 3 is 2.29 bits per heavy atom. The van der Waals surface area contributed by atoms with E-state index >= 15 is 0 Å². The minimum absolute atomic E-state index is 0. The minimum Gasteiger partial charge on any atom is -0.477 e. The van der Waals surface area contributed by atoms with Crippen LogP contribution in [0.1, 0.15) is 10.4 Å². The molecule has 0 spiro atoms. The number of nitro benzene ring substituents is 1. The number of sulfonamides is 1. The number of benzene rings is 1. The highest BCUT2D eigenvalue weighted by molar-refractivity contribution is 7.89. The predicted octanol–water partition coefficient (Wildman–Crippen LogP) is 0.362. The second kappa shape index (κ2) is 5.08. The van der Waals surface area contributed by atoms with Crippen molar-refractivity contribution < 1.29 is 23.2 Å². The van der Waals surface area contributed by atoms with Crippen LogP contribution >= 0.6 is 12.4 Å². The topological polar surface area (TPSA) is 141 Å². The largest absolute Gasteiger partial charge is 0.477 e. The molecule has 3 N–H and O–H groups in total.